The van der Waals surface area contributed by atoms with Gasteiger partial charge in [0.15, 0.2) is 0 Å². The Morgan fingerprint density at radius 1 is 1.00 bits per heavy atom. The molecule has 5 nitrogen and oxygen atoms in total. The van der Waals surface area contributed by atoms with Crippen LogP contribution in [0.3, 0.4) is 0 Å². The molecule has 1 heterocycles. The fourth-order valence-corrected chi connectivity index (χ4v) is 3.94. The van der Waals surface area contributed by atoms with Crippen LogP contribution >= 0.6 is 0 Å². The number of para-hydroxylation sites is 1. The first-order chi connectivity index (χ1) is 14.1. The van der Waals surface area contributed by atoms with Gasteiger partial charge in [0.25, 0.3) is 0 Å². The van der Waals surface area contributed by atoms with E-state index in [2.05, 4.69) is 28.5 Å². The van der Waals surface area contributed by atoms with Crippen molar-refractivity contribution in [1.29, 1.82) is 0 Å². The number of hydrogen-bond donors (Lipinski definition) is 2. The molecule has 0 bridgehead atoms. The van der Waals surface area contributed by atoms with E-state index in [1.165, 1.54) is 18.4 Å². The molecule has 2 aromatic carbocycles. The van der Waals surface area contributed by atoms with Gasteiger partial charge in [-0.1, -0.05) is 56.3 Å². The molecule has 0 radical (unpaired) electrons. The molecule has 0 aliphatic carbocycles. The normalized spacial score (nSPS) is 17.0. The number of anilines is 1. The van der Waals surface area contributed by atoms with Crippen molar-refractivity contribution in [3.63, 3.8) is 0 Å². The zero-order valence-electron chi connectivity index (χ0n) is 17.4. The number of rotatable bonds is 6. The molecule has 0 aromatic heterocycles. The molecule has 1 fully saturated rings. The third-order valence-electron chi connectivity index (χ3n) is 5.55. The van der Waals surface area contributed by atoms with Crippen LogP contribution in [0.1, 0.15) is 43.4 Å². The number of aryl methyl sites for hydroxylation is 1. The summed E-state index contributed by atoms with van der Waals surface area (Å²) in [6.45, 7) is 7.77. The summed E-state index contributed by atoms with van der Waals surface area (Å²) >= 11 is 0. The third kappa shape index (κ3) is 5.91. The van der Waals surface area contributed by atoms with Gasteiger partial charge < -0.3 is 10.6 Å². The van der Waals surface area contributed by atoms with E-state index in [4.69, 9.17) is 0 Å². The maximum Gasteiger partial charge on any atom is 0.313 e. The summed E-state index contributed by atoms with van der Waals surface area (Å²) in [6.07, 6.45) is 3.32. The molecule has 5 heteroatoms. The Bertz CT molecular complexity index is 850. The Kier molecular flexibility index (Phi) is 7.42. The van der Waals surface area contributed by atoms with Gasteiger partial charge in [-0.25, -0.2) is 0 Å². The molecule has 3 rings (SSSR count). The summed E-state index contributed by atoms with van der Waals surface area (Å²) in [5.41, 5.74) is 3.96. The van der Waals surface area contributed by atoms with Crippen molar-refractivity contribution >= 4 is 17.5 Å². The van der Waals surface area contributed by atoms with E-state index in [1.54, 1.807) is 0 Å². The molecular weight excluding hydrogens is 362 g/mol. The summed E-state index contributed by atoms with van der Waals surface area (Å²) in [4.78, 5) is 27.1. The number of nitrogens with one attached hydrogen (secondary N) is 2. The molecule has 1 aliphatic heterocycles. The fourth-order valence-electron chi connectivity index (χ4n) is 3.94. The Morgan fingerprint density at radius 3 is 2.41 bits per heavy atom. The van der Waals surface area contributed by atoms with Crippen LogP contribution in [0.4, 0.5) is 5.69 Å². The number of hydrogen-bond acceptors (Lipinski definition) is 3. The quantitative estimate of drug-likeness (QED) is 0.735. The van der Waals surface area contributed by atoms with Crippen LogP contribution in [-0.2, 0) is 29.1 Å². The van der Waals surface area contributed by atoms with Crippen molar-refractivity contribution in [1.82, 2.24) is 10.2 Å². The molecule has 0 spiro atoms. The van der Waals surface area contributed by atoms with Crippen molar-refractivity contribution in [3.8, 4) is 0 Å². The van der Waals surface area contributed by atoms with Gasteiger partial charge in [-0.15, -0.1) is 0 Å². The highest BCUT2D eigenvalue weighted by Crippen LogP contribution is 2.19. The number of amides is 2. The zero-order chi connectivity index (χ0) is 20.6. The van der Waals surface area contributed by atoms with Crippen molar-refractivity contribution < 1.29 is 9.59 Å². The molecule has 2 aromatic rings. The highest BCUT2D eigenvalue weighted by Gasteiger charge is 2.18. The summed E-state index contributed by atoms with van der Waals surface area (Å²) in [7, 11) is 0. The summed E-state index contributed by atoms with van der Waals surface area (Å²) < 4.78 is 0. The number of likely N-dealkylation sites (tertiary alicyclic amines) is 1. The maximum atomic E-state index is 12.3. The number of nitrogens with zero attached hydrogens (tertiary/aromatic N) is 1. The van der Waals surface area contributed by atoms with Crippen molar-refractivity contribution in [2.24, 2.45) is 5.92 Å². The molecule has 29 heavy (non-hydrogen) atoms. The fraction of sp³-hybridized carbons (Fsp3) is 0.417. The average Bonchev–Trinajstić information content (AvgIpc) is 2.73. The molecule has 1 saturated heterocycles. The number of carbonyl (C=O) groups is 2. The van der Waals surface area contributed by atoms with E-state index in [9.17, 15) is 9.59 Å². The van der Waals surface area contributed by atoms with Crippen LogP contribution in [0.25, 0.3) is 0 Å². The lowest BCUT2D eigenvalue weighted by Crippen LogP contribution is -2.36. The van der Waals surface area contributed by atoms with E-state index < -0.39 is 11.8 Å². The molecule has 1 unspecified atom stereocenters. The third-order valence-corrected chi connectivity index (χ3v) is 5.55. The first-order valence-electron chi connectivity index (χ1n) is 10.5. The number of benzene rings is 2. The highest BCUT2D eigenvalue weighted by atomic mass is 16.2. The lowest BCUT2D eigenvalue weighted by molar-refractivity contribution is -0.136. The van der Waals surface area contributed by atoms with Gasteiger partial charge in [-0.3, -0.25) is 14.5 Å². The number of carbonyl (C=O) groups excluding carboxylic acids is 2. The Hall–Kier alpha value is -2.66. The summed E-state index contributed by atoms with van der Waals surface area (Å²) in [6, 6.07) is 15.7. The second-order valence-electron chi connectivity index (χ2n) is 7.90. The van der Waals surface area contributed by atoms with Crippen LogP contribution < -0.4 is 10.6 Å². The standard InChI is InChI=1S/C24H31N3O2/c1-3-19-10-6-7-13-22(19)26-24(29)23(28)25-15-20-11-4-5-12-21(20)17-27-14-8-9-18(2)16-27/h4-7,10-13,18H,3,8-9,14-17H2,1-2H3,(H,25,28)(H,26,29). The summed E-state index contributed by atoms with van der Waals surface area (Å²) in [5.74, 6) is -0.518. The van der Waals surface area contributed by atoms with Crippen molar-refractivity contribution in [2.45, 2.75) is 46.2 Å². The van der Waals surface area contributed by atoms with E-state index in [-0.39, 0.29) is 0 Å². The minimum Gasteiger partial charge on any atom is -0.344 e. The van der Waals surface area contributed by atoms with E-state index >= 15 is 0 Å². The van der Waals surface area contributed by atoms with E-state index in [1.807, 2.05) is 49.4 Å². The molecule has 1 aliphatic rings. The Morgan fingerprint density at radius 2 is 1.69 bits per heavy atom. The predicted molar refractivity (Wildman–Crippen MR) is 116 cm³/mol. The van der Waals surface area contributed by atoms with E-state index in [0.717, 1.165) is 43.1 Å². The van der Waals surface area contributed by atoms with Gasteiger partial charge in [0.1, 0.15) is 0 Å². The zero-order valence-corrected chi connectivity index (χ0v) is 17.4. The molecule has 0 saturated carbocycles. The first-order valence-corrected chi connectivity index (χ1v) is 10.5. The Balaban J connectivity index is 1.58. The second-order valence-corrected chi connectivity index (χ2v) is 7.90. The minimum atomic E-state index is -0.631. The minimum absolute atomic E-state index is 0.348. The Labute approximate surface area is 173 Å². The van der Waals surface area contributed by atoms with Crippen LogP contribution in [0.5, 0.6) is 0 Å². The van der Waals surface area contributed by atoms with Gasteiger partial charge in [-0.2, -0.15) is 0 Å². The summed E-state index contributed by atoms with van der Waals surface area (Å²) in [5, 5.41) is 5.50. The van der Waals surface area contributed by atoms with Crippen LogP contribution in [0, 0.1) is 5.92 Å². The largest absolute Gasteiger partial charge is 0.344 e. The maximum absolute atomic E-state index is 12.3. The molecule has 2 amide bonds. The number of piperidine rings is 1. The highest BCUT2D eigenvalue weighted by molar-refractivity contribution is 6.39. The first kappa shape index (κ1) is 21.1. The van der Waals surface area contributed by atoms with Gasteiger partial charge >= 0.3 is 11.8 Å². The smallest absolute Gasteiger partial charge is 0.313 e. The average molecular weight is 394 g/mol. The lowest BCUT2D eigenvalue weighted by atomic mass is 9.99. The molecule has 154 valence electrons. The SMILES string of the molecule is CCc1ccccc1NC(=O)C(=O)NCc1ccccc1CN1CCCC(C)C1. The van der Waals surface area contributed by atoms with Gasteiger partial charge in [-0.05, 0) is 54.5 Å². The van der Waals surface area contributed by atoms with Crippen LogP contribution in [0.15, 0.2) is 48.5 Å². The van der Waals surface area contributed by atoms with Gasteiger partial charge in [0.05, 0.1) is 0 Å². The monoisotopic (exact) mass is 393 g/mol. The van der Waals surface area contributed by atoms with Crippen LogP contribution in [-0.4, -0.2) is 29.8 Å². The van der Waals surface area contributed by atoms with Crippen molar-refractivity contribution in [2.75, 3.05) is 18.4 Å². The topological polar surface area (TPSA) is 61.4 Å². The lowest BCUT2D eigenvalue weighted by Gasteiger charge is -2.31. The molecule has 1 atom stereocenters. The molecular formula is C24H31N3O2. The van der Waals surface area contributed by atoms with Crippen molar-refractivity contribution in [3.05, 3.63) is 65.2 Å². The predicted octanol–water partition coefficient (Wildman–Crippen LogP) is 3.74. The molecule has 2 N–H and O–H groups in total. The second kappa shape index (κ2) is 10.2. The van der Waals surface area contributed by atoms with Crippen LogP contribution in [0.2, 0.25) is 0 Å². The van der Waals surface area contributed by atoms with Gasteiger partial charge in [0.2, 0.25) is 0 Å². The van der Waals surface area contributed by atoms with E-state index in [0.29, 0.717) is 12.2 Å². The van der Waals surface area contributed by atoms with Gasteiger partial charge in [0, 0.05) is 25.3 Å².